The van der Waals surface area contributed by atoms with E-state index in [1.165, 1.54) is 24.5 Å². The van der Waals surface area contributed by atoms with Crippen LogP contribution in [0.3, 0.4) is 0 Å². The first-order valence-electron chi connectivity index (χ1n) is 10.7. The maximum Gasteiger partial charge on any atom is 0.269 e. The third-order valence-electron chi connectivity index (χ3n) is 5.01. The number of amides is 4. The Morgan fingerprint density at radius 2 is 1.44 bits per heavy atom. The molecule has 0 spiro atoms. The minimum absolute atomic E-state index is 0.204. The van der Waals surface area contributed by atoms with Gasteiger partial charge in [0, 0.05) is 23.5 Å². The van der Waals surface area contributed by atoms with Crippen LogP contribution in [0, 0.1) is 6.92 Å². The van der Waals surface area contributed by atoms with Gasteiger partial charge in [-0.1, -0.05) is 36.8 Å². The topological polar surface area (TPSA) is 129 Å². The molecule has 1 heterocycles. The molecule has 4 amide bonds. The van der Waals surface area contributed by atoms with E-state index in [0.29, 0.717) is 16.8 Å². The summed E-state index contributed by atoms with van der Waals surface area (Å²) in [5, 5.41) is 5.39. The maximum atomic E-state index is 12.9. The fourth-order valence-electron chi connectivity index (χ4n) is 3.06. The number of nitrogens with zero attached hydrogens (tertiary/aromatic N) is 1. The van der Waals surface area contributed by atoms with Gasteiger partial charge in [0.1, 0.15) is 6.04 Å². The number of anilines is 1. The summed E-state index contributed by atoms with van der Waals surface area (Å²) in [7, 11) is 0. The van der Waals surface area contributed by atoms with E-state index in [1.54, 1.807) is 43.3 Å². The highest BCUT2D eigenvalue weighted by Gasteiger charge is 2.22. The quantitative estimate of drug-likeness (QED) is 0.404. The first-order chi connectivity index (χ1) is 16.4. The molecule has 0 fully saturated rings. The first kappa shape index (κ1) is 24.1. The van der Waals surface area contributed by atoms with Crippen LogP contribution in [-0.4, -0.2) is 34.7 Å². The number of benzene rings is 2. The van der Waals surface area contributed by atoms with E-state index in [0.717, 1.165) is 5.56 Å². The summed E-state index contributed by atoms with van der Waals surface area (Å²) >= 11 is 0. The molecule has 2 aromatic carbocycles. The second-order valence-electron chi connectivity index (χ2n) is 7.48. The molecule has 0 saturated heterocycles. The Bertz CT molecular complexity index is 1180. The van der Waals surface area contributed by atoms with Crippen LogP contribution in [0.1, 0.15) is 50.0 Å². The number of para-hydroxylation sites is 1. The van der Waals surface area contributed by atoms with Gasteiger partial charge in [-0.3, -0.25) is 35.0 Å². The standard InChI is InChI=1S/C25H25N5O4/c1-3-20(25(34)30-29-23(32)18-12-14-26-15-13-18)27-24(33)19-6-4-5-7-21(19)28-22(31)17-10-8-16(2)9-11-17/h4-15,20H,3H2,1-2H3,(H,27,33)(H,28,31)(H,29,32)(H,30,34)/t20-/m0/s1. The van der Waals surface area contributed by atoms with Crippen LogP contribution in [-0.2, 0) is 4.79 Å². The van der Waals surface area contributed by atoms with Crippen LogP contribution in [0.4, 0.5) is 5.69 Å². The molecule has 0 saturated carbocycles. The van der Waals surface area contributed by atoms with Crippen molar-refractivity contribution in [3.8, 4) is 0 Å². The van der Waals surface area contributed by atoms with Crippen molar-refractivity contribution in [3.63, 3.8) is 0 Å². The first-order valence-corrected chi connectivity index (χ1v) is 10.7. The van der Waals surface area contributed by atoms with Crippen LogP contribution in [0.25, 0.3) is 0 Å². The van der Waals surface area contributed by atoms with Crippen LogP contribution in [0.5, 0.6) is 0 Å². The Labute approximate surface area is 197 Å². The average Bonchev–Trinajstić information content (AvgIpc) is 2.86. The van der Waals surface area contributed by atoms with Crippen molar-refractivity contribution in [1.82, 2.24) is 21.2 Å². The van der Waals surface area contributed by atoms with E-state index < -0.39 is 23.8 Å². The minimum atomic E-state index is -0.911. The zero-order valence-electron chi connectivity index (χ0n) is 18.8. The van der Waals surface area contributed by atoms with Crippen molar-refractivity contribution in [1.29, 1.82) is 0 Å². The van der Waals surface area contributed by atoms with E-state index >= 15 is 0 Å². The lowest BCUT2D eigenvalue weighted by Gasteiger charge is -2.18. The lowest BCUT2D eigenvalue weighted by atomic mass is 10.1. The molecule has 0 aliphatic heterocycles. The molecule has 4 N–H and O–H groups in total. The average molecular weight is 460 g/mol. The monoisotopic (exact) mass is 459 g/mol. The lowest BCUT2D eigenvalue weighted by Crippen LogP contribution is -2.52. The third-order valence-corrected chi connectivity index (χ3v) is 5.01. The van der Waals surface area contributed by atoms with Gasteiger partial charge in [0.05, 0.1) is 11.3 Å². The van der Waals surface area contributed by atoms with Crippen molar-refractivity contribution in [3.05, 3.63) is 95.3 Å². The largest absolute Gasteiger partial charge is 0.340 e. The Kier molecular flexibility index (Phi) is 8.07. The summed E-state index contributed by atoms with van der Waals surface area (Å²) in [5.74, 6) is -1.99. The summed E-state index contributed by atoms with van der Waals surface area (Å²) in [6, 6.07) is 15.7. The molecular formula is C25H25N5O4. The highest BCUT2D eigenvalue weighted by Crippen LogP contribution is 2.17. The number of hydrogen-bond donors (Lipinski definition) is 4. The number of carbonyl (C=O) groups is 4. The fraction of sp³-hybridized carbons (Fsp3) is 0.160. The van der Waals surface area contributed by atoms with Gasteiger partial charge < -0.3 is 10.6 Å². The van der Waals surface area contributed by atoms with E-state index in [-0.39, 0.29) is 17.9 Å². The van der Waals surface area contributed by atoms with Crippen molar-refractivity contribution in [2.75, 3.05) is 5.32 Å². The highest BCUT2D eigenvalue weighted by atomic mass is 16.2. The number of aryl methyl sites for hydroxylation is 1. The van der Waals surface area contributed by atoms with Gasteiger partial charge in [-0.2, -0.15) is 0 Å². The highest BCUT2D eigenvalue weighted by molar-refractivity contribution is 6.09. The molecule has 0 aliphatic carbocycles. The molecule has 1 atom stereocenters. The Hall–Kier alpha value is -4.53. The molecule has 0 aliphatic rings. The molecular weight excluding hydrogens is 434 g/mol. The Balaban J connectivity index is 1.64. The number of aromatic nitrogens is 1. The number of nitrogens with one attached hydrogen (secondary N) is 4. The number of hydrazine groups is 1. The van der Waals surface area contributed by atoms with Crippen LogP contribution in [0.15, 0.2) is 73.1 Å². The number of pyridine rings is 1. The Morgan fingerprint density at radius 1 is 0.794 bits per heavy atom. The molecule has 34 heavy (non-hydrogen) atoms. The molecule has 3 rings (SSSR count). The van der Waals surface area contributed by atoms with E-state index in [9.17, 15) is 19.2 Å². The van der Waals surface area contributed by atoms with Crippen molar-refractivity contribution >= 4 is 29.3 Å². The SMILES string of the molecule is CC[C@H](NC(=O)c1ccccc1NC(=O)c1ccc(C)cc1)C(=O)NNC(=O)c1ccncc1. The Morgan fingerprint density at radius 3 is 2.12 bits per heavy atom. The van der Waals surface area contributed by atoms with E-state index in [4.69, 9.17) is 0 Å². The minimum Gasteiger partial charge on any atom is -0.340 e. The van der Waals surface area contributed by atoms with Gasteiger partial charge >= 0.3 is 0 Å². The summed E-state index contributed by atoms with van der Waals surface area (Å²) < 4.78 is 0. The fourth-order valence-corrected chi connectivity index (χ4v) is 3.06. The molecule has 0 radical (unpaired) electrons. The van der Waals surface area contributed by atoms with Gasteiger partial charge in [0.25, 0.3) is 23.6 Å². The normalized spacial score (nSPS) is 11.1. The van der Waals surface area contributed by atoms with Crippen LogP contribution >= 0.6 is 0 Å². The number of rotatable bonds is 7. The predicted molar refractivity (Wildman–Crippen MR) is 127 cm³/mol. The summed E-state index contributed by atoms with van der Waals surface area (Å²) in [5.41, 5.74) is 6.95. The van der Waals surface area contributed by atoms with Gasteiger partial charge in [0.15, 0.2) is 0 Å². The van der Waals surface area contributed by atoms with Crippen LogP contribution in [0.2, 0.25) is 0 Å². The summed E-state index contributed by atoms with van der Waals surface area (Å²) in [4.78, 5) is 54.0. The van der Waals surface area contributed by atoms with Crippen molar-refractivity contribution in [2.24, 2.45) is 0 Å². The number of hydrogen-bond acceptors (Lipinski definition) is 5. The molecule has 3 aromatic rings. The third kappa shape index (κ3) is 6.26. The molecule has 0 bridgehead atoms. The van der Waals surface area contributed by atoms with Gasteiger partial charge in [-0.15, -0.1) is 0 Å². The number of carbonyl (C=O) groups excluding carboxylic acids is 4. The van der Waals surface area contributed by atoms with E-state index in [2.05, 4.69) is 26.5 Å². The molecule has 174 valence electrons. The predicted octanol–water partition coefficient (Wildman–Crippen LogP) is 2.61. The maximum absolute atomic E-state index is 12.9. The smallest absolute Gasteiger partial charge is 0.269 e. The lowest BCUT2D eigenvalue weighted by molar-refractivity contribution is -0.123. The molecule has 9 nitrogen and oxygen atoms in total. The van der Waals surface area contributed by atoms with E-state index in [1.807, 2.05) is 19.1 Å². The van der Waals surface area contributed by atoms with Gasteiger partial charge in [-0.05, 0) is 49.7 Å². The van der Waals surface area contributed by atoms with Crippen molar-refractivity contribution in [2.45, 2.75) is 26.3 Å². The van der Waals surface area contributed by atoms with Crippen molar-refractivity contribution < 1.29 is 19.2 Å². The summed E-state index contributed by atoms with van der Waals surface area (Å²) in [6.45, 7) is 3.65. The second kappa shape index (κ2) is 11.4. The zero-order valence-corrected chi connectivity index (χ0v) is 18.8. The molecule has 9 heteroatoms. The van der Waals surface area contributed by atoms with Gasteiger partial charge in [0.2, 0.25) is 0 Å². The summed E-state index contributed by atoms with van der Waals surface area (Å²) in [6.07, 6.45) is 3.20. The molecule has 1 aromatic heterocycles. The second-order valence-corrected chi connectivity index (χ2v) is 7.48. The van der Waals surface area contributed by atoms with Crippen LogP contribution < -0.4 is 21.5 Å². The van der Waals surface area contributed by atoms with Gasteiger partial charge in [-0.25, -0.2) is 0 Å². The zero-order chi connectivity index (χ0) is 24.5. The molecule has 0 unspecified atom stereocenters.